The fourth-order valence-corrected chi connectivity index (χ4v) is 3.93. The molecule has 1 saturated heterocycles. The van der Waals surface area contributed by atoms with Crippen LogP contribution in [0.2, 0.25) is 0 Å². The first-order chi connectivity index (χ1) is 11.4. The van der Waals surface area contributed by atoms with Crippen LogP contribution in [0.3, 0.4) is 0 Å². The van der Waals surface area contributed by atoms with Gasteiger partial charge in [0.25, 0.3) is 0 Å². The van der Waals surface area contributed by atoms with E-state index in [-0.39, 0.29) is 17.8 Å². The SMILES string of the molecule is Cl.Cn1cc(CN2C[C@@H](CN)[C@H](c3ccccc3)C2)c(C(C)(C)C)n1. The molecule has 0 radical (unpaired) electrons. The van der Waals surface area contributed by atoms with Crippen molar-refractivity contribution in [1.29, 1.82) is 0 Å². The third-order valence-electron chi connectivity index (χ3n) is 5.06. The number of hydrogen-bond acceptors (Lipinski definition) is 3. The van der Waals surface area contributed by atoms with Crippen LogP contribution in [0.1, 0.15) is 43.5 Å². The Hall–Kier alpha value is -1.36. The molecule has 2 aromatic rings. The van der Waals surface area contributed by atoms with Gasteiger partial charge in [-0.1, -0.05) is 51.1 Å². The zero-order valence-electron chi connectivity index (χ0n) is 15.8. The van der Waals surface area contributed by atoms with Gasteiger partial charge in [-0.15, -0.1) is 12.4 Å². The van der Waals surface area contributed by atoms with Crippen molar-refractivity contribution in [3.63, 3.8) is 0 Å². The monoisotopic (exact) mass is 362 g/mol. The summed E-state index contributed by atoms with van der Waals surface area (Å²) in [6.07, 6.45) is 2.17. The van der Waals surface area contributed by atoms with Gasteiger partial charge in [0, 0.05) is 49.8 Å². The summed E-state index contributed by atoms with van der Waals surface area (Å²) in [7, 11) is 2.01. The fraction of sp³-hybridized carbons (Fsp3) is 0.550. The van der Waals surface area contributed by atoms with Crippen molar-refractivity contribution >= 4 is 12.4 Å². The van der Waals surface area contributed by atoms with E-state index in [4.69, 9.17) is 10.8 Å². The molecule has 1 aliphatic rings. The molecular formula is C20H31ClN4. The summed E-state index contributed by atoms with van der Waals surface area (Å²) < 4.78 is 1.95. The molecule has 5 heteroatoms. The molecule has 0 aliphatic carbocycles. The van der Waals surface area contributed by atoms with E-state index in [0.29, 0.717) is 11.8 Å². The van der Waals surface area contributed by atoms with E-state index in [1.54, 1.807) is 0 Å². The molecular weight excluding hydrogens is 332 g/mol. The lowest BCUT2D eigenvalue weighted by Gasteiger charge is -2.21. The standard InChI is InChI=1S/C20H30N4.ClH/c1-20(2,3)19-17(11-23(4)22-19)13-24-12-16(10-21)18(14-24)15-8-6-5-7-9-15;/h5-9,11,16,18H,10,12-14,21H2,1-4H3;1H/t16-,18+;/m1./s1. The molecule has 1 aromatic carbocycles. The highest BCUT2D eigenvalue weighted by molar-refractivity contribution is 5.85. The highest BCUT2D eigenvalue weighted by Gasteiger charge is 2.34. The number of aryl methyl sites for hydroxylation is 1. The van der Waals surface area contributed by atoms with E-state index in [1.165, 1.54) is 16.8 Å². The van der Waals surface area contributed by atoms with Gasteiger partial charge in [0.2, 0.25) is 0 Å². The molecule has 3 rings (SSSR count). The smallest absolute Gasteiger partial charge is 0.0722 e. The van der Waals surface area contributed by atoms with Crippen LogP contribution in [0.4, 0.5) is 0 Å². The van der Waals surface area contributed by atoms with E-state index >= 15 is 0 Å². The molecule has 4 nitrogen and oxygen atoms in total. The number of nitrogens with zero attached hydrogens (tertiary/aromatic N) is 3. The van der Waals surface area contributed by atoms with Crippen LogP contribution >= 0.6 is 12.4 Å². The second kappa shape index (κ2) is 7.90. The molecule has 138 valence electrons. The third-order valence-corrected chi connectivity index (χ3v) is 5.06. The molecule has 0 saturated carbocycles. The highest BCUT2D eigenvalue weighted by Crippen LogP contribution is 2.34. The Morgan fingerprint density at radius 2 is 1.84 bits per heavy atom. The Morgan fingerprint density at radius 3 is 2.44 bits per heavy atom. The minimum atomic E-state index is 0. The van der Waals surface area contributed by atoms with Crippen molar-refractivity contribution in [2.24, 2.45) is 18.7 Å². The average Bonchev–Trinajstić information content (AvgIpc) is 3.11. The number of hydrogen-bond donors (Lipinski definition) is 1. The van der Waals surface area contributed by atoms with Crippen molar-refractivity contribution in [2.75, 3.05) is 19.6 Å². The van der Waals surface area contributed by atoms with E-state index in [2.05, 4.69) is 62.2 Å². The first-order valence-corrected chi connectivity index (χ1v) is 8.89. The van der Waals surface area contributed by atoms with Crippen molar-refractivity contribution in [3.8, 4) is 0 Å². The minimum Gasteiger partial charge on any atom is -0.330 e. The molecule has 1 aliphatic heterocycles. The summed E-state index contributed by atoms with van der Waals surface area (Å²) in [6.45, 7) is 10.5. The number of aromatic nitrogens is 2. The Morgan fingerprint density at radius 1 is 1.16 bits per heavy atom. The van der Waals surface area contributed by atoms with E-state index in [9.17, 15) is 0 Å². The maximum atomic E-state index is 6.08. The molecule has 0 amide bonds. The first-order valence-electron chi connectivity index (χ1n) is 8.89. The van der Waals surface area contributed by atoms with Crippen LogP contribution in [-0.4, -0.2) is 34.3 Å². The molecule has 25 heavy (non-hydrogen) atoms. The van der Waals surface area contributed by atoms with Gasteiger partial charge < -0.3 is 5.73 Å². The fourth-order valence-electron chi connectivity index (χ4n) is 3.93. The summed E-state index contributed by atoms with van der Waals surface area (Å²) >= 11 is 0. The van der Waals surface area contributed by atoms with Gasteiger partial charge in [-0.3, -0.25) is 9.58 Å². The lowest BCUT2D eigenvalue weighted by atomic mass is 9.89. The van der Waals surface area contributed by atoms with Gasteiger partial charge in [0.15, 0.2) is 0 Å². The Kier molecular flexibility index (Phi) is 6.30. The predicted octanol–water partition coefficient (Wildman–Crippen LogP) is 3.31. The maximum absolute atomic E-state index is 6.08. The minimum absolute atomic E-state index is 0. The van der Waals surface area contributed by atoms with Gasteiger partial charge in [0.1, 0.15) is 0 Å². The van der Waals surface area contributed by atoms with Gasteiger partial charge in [0.05, 0.1) is 5.69 Å². The lowest BCUT2D eigenvalue weighted by Crippen LogP contribution is -2.24. The Labute approximate surface area is 157 Å². The van der Waals surface area contributed by atoms with Gasteiger partial charge in [-0.25, -0.2) is 0 Å². The Balaban J connectivity index is 0.00000225. The van der Waals surface area contributed by atoms with Crippen molar-refractivity contribution in [2.45, 2.75) is 38.6 Å². The van der Waals surface area contributed by atoms with Gasteiger partial charge in [-0.05, 0) is 18.0 Å². The number of halogens is 1. The summed E-state index contributed by atoms with van der Waals surface area (Å²) in [5, 5.41) is 4.71. The molecule has 1 fully saturated rings. The summed E-state index contributed by atoms with van der Waals surface area (Å²) in [4.78, 5) is 2.54. The number of likely N-dealkylation sites (tertiary alicyclic amines) is 1. The van der Waals surface area contributed by atoms with Crippen LogP contribution in [0, 0.1) is 5.92 Å². The molecule has 0 unspecified atom stereocenters. The molecule has 0 spiro atoms. The number of nitrogens with two attached hydrogens (primary N) is 1. The molecule has 2 atom stereocenters. The maximum Gasteiger partial charge on any atom is 0.0722 e. The summed E-state index contributed by atoms with van der Waals surface area (Å²) in [6, 6.07) is 10.8. The average molecular weight is 363 g/mol. The van der Waals surface area contributed by atoms with Crippen molar-refractivity contribution in [1.82, 2.24) is 14.7 Å². The quantitative estimate of drug-likeness (QED) is 0.907. The van der Waals surface area contributed by atoms with Crippen LogP contribution in [0.15, 0.2) is 36.5 Å². The summed E-state index contributed by atoms with van der Waals surface area (Å²) in [5.41, 5.74) is 10.1. The highest BCUT2D eigenvalue weighted by atomic mass is 35.5. The third kappa shape index (κ3) is 4.43. The first kappa shape index (κ1) is 20.0. The van der Waals surface area contributed by atoms with E-state index in [0.717, 1.165) is 26.2 Å². The van der Waals surface area contributed by atoms with E-state index in [1.807, 2.05) is 11.7 Å². The molecule has 1 aromatic heterocycles. The van der Waals surface area contributed by atoms with Gasteiger partial charge >= 0.3 is 0 Å². The van der Waals surface area contributed by atoms with Crippen molar-refractivity contribution in [3.05, 3.63) is 53.3 Å². The molecule has 0 bridgehead atoms. The van der Waals surface area contributed by atoms with Crippen LogP contribution in [-0.2, 0) is 19.0 Å². The zero-order chi connectivity index (χ0) is 17.3. The Bertz CT molecular complexity index is 675. The van der Waals surface area contributed by atoms with E-state index < -0.39 is 0 Å². The predicted molar refractivity (Wildman–Crippen MR) is 106 cm³/mol. The second-order valence-corrected chi connectivity index (χ2v) is 8.13. The summed E-state index contributed by atoms with van der Waals surface area (Å²) in [5.74, 6) is 1.06. The lowest BCUT2D eigenvalue weighted by molar-refractivity contribution is 0.314. The molecule has 2 heterocycles. The topological polar surface area (TPSA) is 47.1 Å². The zero-order valence-corrected chi connectivity index (χ0v) is 16.6. The number of benzene rings is 1. The van der Waals surface area contributed by atoms with Gasteiger partial charge in [-0.2, -0.15) is 5.10 Å². The largest absolute Gasteiger partial charge is 0.330 e. The van der Waals surface area contributed by atoms with Crippen LogP contribution < -0.4 is 5.73 Å². The number of rotatable bonds is 4. The second-order valence-electron chi connectivity index (χ2n) is 8.13. The molecule has 2 N–H and O–H groups in total. The van der Waals surface area contributed by atoms with Crippen molar-refractivity contribution < 1.29 is 0 Å². The van der Waals surface area contributed by atoms with Crippen LogP contribution in [0.25, 0.3) is 0 Å². The normalized spacial score (nSPS) is 21.3. The van der Waals surface area contributed by atoms with Crippen LogP contribution in [0.5, 0.6) is 0 Å².